The largest absolute Gasteiger partial charge is 0.495 e. The number of hydrogen-bond donors (Lipinski definition) is 2. The summed E-state index contributed by atoms with van der Waals surface area (Å²) in [6.07, 6.45) is 0.900. The lowest BCUT2D eigenvalue weighted by molar-refractivity contribution is 0.0939. The van der Waals surface area contributed by atoms with Crippen LogP contribution in [0.3, 0.4) is 0 Å². The van der Waals surface area contributed by atoms with Gasteiger partial charge in [-0.05, 0) is 31.5 Å². The van der Waals surface area contributed by atoms with Crippen molar-refractivity contribution in [3.8, 4) is 5.75 Å². The summed E-state index contributed by atoms with van der Waals surface area (Å²) in [4.78, 5) is 11.8. The number of hydrogen-bond acceptors (Lipinski definition) is 3. The molecule has 0 aromatic heterocycles. The second-order valence-corrected chi connectivity index (χ2v) is 3.74. The number of amides is 1. The molecular weight excluding hydrogens is 204 g/mol. The van der Waals surface area contributed by atoms with Crippen molar-refractivity contribution in [2.45, 2.75) is 26.3 Å². The van der Waals surface area contributed by atoms with Gasteiger partial charge in [-0.25, -0.2) is 0 Å². The van der Waals surface area contributed by atoms with Crippen LogP contribution in [0.4, 0.5) is 5.69 Å². The van der Waals surface area contributed by atoms with Crippen molar-refractivity contribution in [1.82, 2.24) is 5.32 Å². The van der Waals surface area contributed by atoms with Crippen molar-refractivity contribution in [2.75, 3.05) is 12.8 Å². The summed E-state index contributed by atoms with van der Waals surface area (Å²) in [6.45, 7) is 3.98. The molecule has 0 bridgehead atoms. The van der Waals surface area contributed by atoms with E-state index in [0.717, 1.165) is 6.42 Å². The average molecular weight is 222 g/mol. The normalized spacial score (nSPS) is 11.9. The Hall–Kier alpha value is -1.71. The number of carbonyl (C=O) groups excluding carboxylic acids is 1. The summed E-state index contributed by atoms with van der Waals surface area (Å²) < 4.78 is 5.03. The molecule has 16 heavy (non-hydrogen) atoms. The molecule has 0 aliphatic carbocycles. The fraction of sp³-hybridized carbons (Fsp3) is 0.417. The fourth-order valence-corrected chi connectivity index (χ4v) is 1.28. The summed E-state index contributed by atoms with van der Waals surface area (Å²) >= 11 is 0. The van der Waals surface area contributed by atoms with Crippen molar-refractivity contribution in [3.63, 3.8) is 0 Å². The fourth-order valence-electron chi connectivity index (χ4n) is 1.28. The highest BCUT2D eigenvalue weighted by Crippen LogP contribution is 2.21. The lowest BCUT2D eigenvalue weighted by Gasteiger charge is -2.12. The SMILES string of the molecule is CC[C@H](C)NC(=O)c1ccc(OC)c(N)c1. The van der Waals surface area contributed by atoms with Gasteiger partial charge in [0.2, 0.25) is 0 Å². The van der Waals surface area contributed by atoms with Crippen LogP contribution in [-0.4, -0.2) is 19.1 Å². The Morgan fingerprint density at radius 3 is 2.75 bits per heavy atom. The first kappa shape index (κ1) is 12.4. The monoisotopic (exact) mass is 222 g/mol. The number of nitrogen functional groups attached to an aromatic ring is 1. The van der Waals surface area contributed by atoms with E-state index in [1.807, 2.05) is 13.8 Å². The van der Waals surface area contributed by atoms with Gasteiger partial charge in [0.15, 0.2) is 0 Å². The number of methoxy groups -OCH3 is 1. The van der Waals surface area contributed by atoms with Crippen LogP contribution in [0, 0.1) is 0 Å². The quantitative estimate of drug-likeness (QED) is 0.763. The lowest BCUT2D eigenvalue weighted by atomic mass is 10.1. The first-order valence-electron chi connectivity index (χ1n) is 5.32. The molecule has 1 aromatic carbocycles. The summed E-state index contributed by atoms with van der Waals surface area (Å²) in [5.41, 5.74) is 6.75. The van der Waals surface area contributed by atoms with Crippen LogP contribution in [0.2, 0.25) is 0 Å². The Morgan fingerprint density at radius 2 is 2.25 bits per heavy atom. The molecule has 88 valence electrons. The Labute approximate surface area is 95.8 Å². The van der Waals surface area contributed by atoms with Crippen LogP contribution >= 0.6 is 0 Å². The molecule has 4 nitrogen and oxygen atoms in total. The van der Waals surface area contributed by atoms with Gasteiger partial charge in [-0.3, -0.25) is 4.79 Å². The molecule has 0 saturated heterocycles. The van der Waals surface area contributed by atoms with Crippen LogP contribution in [0.25, 0.3) is 0 Å². The zero-order valence-corrected chi connectivity index (χ0v) is 9.91. The third kappa shape index (κ3) is 2.89. The number of benzene rings is 1. The van der Waals surface area contributed by atoms with Crippen molar-refractivity contribution in [3.05, 3.63) is 23.8 Å². The van der Waals surface area contributed by atoms with Gasteiger partial charge < -0.3 is 15.8 Å². The molecule has 3 N–H and O–H groups in total. The Morgan fingerprint density at radius 1 is 1.56 bits per heavy atom. The van der Waals surface area contributed by atoms with Crippen molar-refractivity contribution in [1.29, 1.82) is 0 Å². The molecule has 0 aliphatic rings. The molecule has 0 aliphatic heterocycles. The minimum absolute atomic E-state index is 0.108. The van der Waals surface area contributed by atoms with Crippen molar-refractivity contribution < 1.29 is 9.53 Å². The van der Waals surface area contributed by atoms with E-state index >= 15 is 0 Å². The van der Waals surface area contributed by atoms with E-state index < -0.39 is 0 Å². The van der Waals surface area contributed by atoms with E-state index in [1.54, 1.807) is 25.3 Å². The Bertz CT molecular complexity index is 377. The number of ether oxygens (including phenoxy) is 1. The Kier molecular flexibility index (Phi) is 4.17. The van der Waals surface area contributed by atoms with Gasteiger partial charge in [0.25, 0.3) is 5.91 Å². The molecular formula is C12H18N2O2. The number of nitrogens with one attached hydrogen (secondary N) is 1. The van der Waals surface area contributed by atoms with Gasteiger partial charge in [0, 0.05) is 11.6 Å². The molecule has 1 rings (SSSR count). The third-order valence-electron chi connectivity index (χ3n) is 2.48. The number of nitrogens with two attached hydrogens (primary N) is 1. The summed E-state index contributed by atoms with van der Waals surface area (Å²) in [7, 11) is 1.55. The van der Waals surface area contributed by atoms with Gasteiger partial charge in [-0.15, -0.1) is 0 Å². The highest BCUT2D eigenvalue weighted by molar-refractivity contribution is 5.95. The zero-order valence-electron chi connectivity index (χ0n) is 9.91. The van der Waals surface area contributed by atoms with Crippen LogP contribution in [-0.2, 0) is 0 Å². The molecule has 0 fully saturated rings. The van der Waals surface area contributed by atoms with E-state index in [4.69, 9.17) is 10.5 Å². The number of carbonyl (C=O) groups is 1. The maximum Gasteiger partial charge on any atom is 0.251 e. The predicted molar refractivity (Wildman–Crippen MR) is 64.6 cm³/mol. The zero-order chi connectivity index (χ0) is 12.1. The van der Waals surface area contributed by atoms with E-state index in [9.17, 15) is 4.79 Å². The van der Waals surface area contributed by atoms with E-state index in [1.165, 1.54) is 0 Å². The predicted octanol–water partition coefficient (Wildman–Crippen LogP) is 1.81. The number of rotatable bonds is 4. The topological polar surface area (TPSA) is 64.3 Å². The highest BCUT2D eigenvalue weighted by Gasteiger charge is 2.10. The number of anilines is 1. The molecule has 1 atom stereocenters. The van der Waals surface area contributed by atoms with E-state index in [0.29, 0.717) is 17.0 Å². The lowest BCUT2D eigenvalue weighted by Crippen LogP contribution is -2.31. The minimum Gasteiger partial charge on any atom is -0.495 e. The van der Waals surface area contributed by atoms with Crippen molar-refractivity contribution >= 4 is 11.6 Å². The standard InChI is InChI=1S/C12H18N2O2/c1-4-8(2)14-12(15)9-5-6-11(16-3)10(13)7-9/h5-8H,4,13H2,1-3H3,(H,14,15)/t8-/m0/s1. The van der Waals surface area contributed by atoms with Crippen LogP contribution < -0.4 is 15.8 Å². The van der Waals surface area contributed by atoms with Gasteiger partial charge >= 0.3 is 0 Å². The second-order valence-electron chi connectivity index (χ2n) is 3.74. The van der Waals surface area contributed by atoms with Gasteiger partial charge in [-0.1, -0.05) is 6.92 Å². The molecule has 0 heterocycles. The summed E-state index contributed by atoms with van der Waals surface area (Å²) in [5.74, 6) is 0.476. The first-order chi connectivity index (χ1) is 7.58. The molecule has 0 unspecified atom stereocenters. The van der Waals surface area contributed by atoms with Gasteiger partial charge in [0.05, 0.1) is 12.8 Å². The molecule has 4 heteroatoms. The smallest absolute Gasteiger partial charge is 0.251 e. The third-order valence-corrected chi connectivity index (χ3v) is 2.48. The first-order valence-corrected chi connectivity index (χ1v) is 5.32. The molecule has 1 amide bonds. The van der Waals surface area contributed by atoms with Crippen LogP contribution in [0.5, 0.6) is 5.75 Å². The highest BCUT2D eigenvalue weighted by atomic mass is 16.5. The molecule has 0 spiro atoms. The summed E-state index contributed by atoms with van der Waals surface area (Å²) in [6, 6.07) is 5.18. The van der Waals surface area contributed by atoms with E-state index in [-0.39, 0.29) is 11.9 Å². The minimum atomic E-state index is -0.108. The van der Waals surface area contributed by atoms with Crippen LogP contribution in [0.15, 0.2) is 18.2 Å². The van der Waals surface area contributed by atoms with Gasteiger partial charge in [-0.2, -0.15) is 0 Å². The van der Waals surface area contributed by atoms with Gasteiger partial charge in [0.1, 0.15) is 5.75 Å². The second kappa shape index (κ2) is 5.39. The van der Waals surface area contributed by atoms with Crippen LogP contribution in [0.1, 0.15) is 30.6 Å². The van der Waals surface area contributed by atoms with Crippen molar-refractivity contribution in [2.24, 2.45) is 0 Å². The molecule has 0 radical (unpaired) electrons. The Balaban J connectivity index is 2.81. The van der Waals surface area contributed by atoms with E-state index in [2.05, 4.69) is 5.32 Å². The maximum absolute atomic E-state index is 11.8. The molecule has 0 saturated carbocycles. The maximum atomic E-state index is 11.8. The average Bonchev–Trinajstić information content (AvgIpc) is 2.28. The summed E-state index contributed by atoms with van der Waals surface area (Å²) in [5, 5.41) is 2.88. The molecule has 1 aromatic rings.